The summed E-state index contributed by atoms with van der Waals surface area (Å²) in [4.78, 5) is 12.5. The van der Waals surface area contributed by atoms with E-state index in [1.54, 1.807) is 12.1 Å². The Bertz CT molecular complexity index is 704. The first-order valence-electron chi connectivity index (χ1n) is 7.83. The summed E-state index contributed by atoms with van der Waals surface area (Å²) in [5.41, 5.74) is 1.75. The molecule has 1 amide bonds. The van der Waals surface area contributed by atoms with E-state index in [-0.39, 0.29) is 11.9 Å². The average molecular weight is 327 g/mol. The SMILES string of the molecule is COc1cc(C(=O)NC2CC2c2ccccc2)cc(OC)c1OC. The zero-order valence-electron chi connectivity index (χ0n) is 14.0. The van der Waals surface area contributed by atoms with Crippen molar-refractivity contribution in [2.45, 2.75) is 18.4 Å². The lowest BCUT2D eigenvalue weighted by molar-refractivity contribution is 0.0949. The molecule has 1 fully saturated rings. The zero-order valence-corrected chi connectivity index (χ0v) is 14.0. The van der Waals surface area contributed by atoms with Crippen molar-refractivity contribution >= 4 is 5.91 Å². The van der Waals surface area contributed by atoms with Crippen molar-refractivity contribution in [3.63, 3.8) is 0 Å². The standard InChI is InChI=1S/C19H21NO4/c1-22-16-9-13(10-17(23-2)18(16)24-3)19(21)20-15-11-14(15)12-7-5-4-6-8-12/h4-10,14-15H,11H2,1-3H3,(H,20,21). The van der Waals surface area contributed by atoms with Gasteiger partial charge >= 0.3 is 0 Å². The molecule has 2 unspecified atom stereocenters. The minimum absolute atomic E-state index is 0.141. The number of ether oxygens (including phenoxy) is 3. The third kappa shape index (κ3) is 3.15. The van der Waals surface area contributed by atoms with E-state index in [2.05, 4.69) is 17.4 Å². The van der Waals surface area contributed by atoms with Gasteiger partial charge in [0.25, 0.3) is 5.91 Å². The summed E-state index contributed by atoms with van der Waals surface area (Å²) < 4.78 is 15.9. The second kappa shape index (κ2) is 6.83. The van der Waals surface area contributed by atoms with E-state index in [4.69, 9.17) is 14.2 Å². The number of hydrogen-bond donors (Lipinski definition) is 1. The van der Waals surface area contributed by atoms with E-state index in [0.717, 1.165) is 6.42 Å². The lowest BCUT2D eigenvalue weighted by Crippen LogP contribution is -2.26. The molecule has 0 bridgehead atoms. The molecule has 1 aliphatic rings. The normalized spacial score (nSPS) is 18.6. The number of amides is 1. The molecule has 3 rings (SSSR count). The summed E-state index contributed by atoms with van der Waals surface area (Å²) in [7, 11) is 4.60. The fourth-order valence-corrected chi connectivity index (χ4v) is 2.89. The van der Waals surface area contributed by atoms with Crippen LogP contribution >= 0.6 is 0 Å². The predicted octanol–water partition coefficient (Wildman–Crippen LogP) is 3.00. The molecule has 0 radical (unpaired) electrons. The topological polar surface area (TPSA) is 56.8 Å². The lowest BCUT2D eigenvalue weighted by atomic mass is 10.1. The van der Waals surface area contributed by atoms with Crippen LogP contribution in [0.3, 0.4) is 0 Å². The van der Waals surface area contributed by atoms with Crippen LogP contribution in [0.1, 0.15) is 28.3 Å². The molecule has 0 saturated heterocycles. The van der Waals surface area contributed by atoms with E-state index >= 15 is 0 Å². The minimum atomic E-state index is -0.141. The van der Waals surface area contributed by atoms with Gasteiger partial charge in [-0.3, -0.25) is 4.79 Å². The molecule has 24 heavy (non-hydrogen) atoms. The van der Waals surface area contributed by atoms with Crippen molar-refractivity contribution in [2.24, 2.45) is 0 Å². The Morgan fingerprint density at radius 2 is 1.62 bits per heavy atom. The van der Waals surface area contributed by atoms with E-state index in [0.29, 0.717) is 28.7 Å². The lowest BCUT2D eigenvalue weighted by Gasteiger charge is -2.14. The Kier molecular flexibility index (Phi) is 4.60. The van der Waals surface area contributed by atoms with Crippen molar-refractivity contribution in [2.75, 3.05) is 21.3 Å². The Labute approximate surface area is 141 Å². The molecule has 5 heteroatoms. The van der Waals surface area contributed by atoms with Crippen LogP contribution in [-0.2, 0) is 0 Å². The Balaban J connectivity index is 1.74. The van der Waals surface area contributed by atoms with E-state index in [1.165, 1.54) is 26.9 Å². The summed E-state index contributed by atoms with van der Waals surface area (Å²) in [6, 6.07) is 13.7. The molecule has 0 aliphatic heterocycles. The molecular formula is C19H21NO4. The first kappa shape index (κ1) is 16.2. The van der Waals surface area contributed by atoms with Crippen LogP contribution in [0.4, 0.5) is 0 Å². The molecule has 0 aromatic heterocycles. The van der Waals surface area contributed by atoms with Crippen LogP contribution in [-0.4, -0.2) is 33.3 Å². The molecule has 2 aromatic carbocycles. The Morgan fingerprint density at radius 3 is 2.17 bits per heavy atom. The molecular weight excluding hydrogens is 306 g/mol. The zero-order chi connectivity index (χ0) is 17.1. The third-order valence-electron chi connectivity index (χ3n) is 4.26. The molecule has 126 valence electrons. The van der Waals surface area contributed by atoms with Crippen LogP contribution in [0.15, 0.2) is 42.5 Å². The smallest absolute Gasteiger partial charge is 0.251 e. The molecule has 1 aliphatic carbocycles. The van der Waals surface area contributed by atoms with Crippen LogP contribution < -0.4 is 19.5 Å². The van der Waals surface area contributed by atoms with Gasteiger partial charge in [-0.25, -0.2) is 0 Å². The van der Waals surface area contributed by atoms with E-state index < -0.39 is 0 Å². The number of methoxy groups -OCH3 is 3. The number of nitrogens with one attached hydrogen (secondary N) is 1. The minimum Gasteiger partial charge on any atom is -0.493 e. The quantitative estimate of drug-likeness (QED) is 0.886. The van der Waals surface area contributed by atoms with Crippen molar-refractivity contribution in [3.05, 3.63) is 53.6 Å². The second-order valence-corrected chi connectivity index (χ2v) is 5.75. The third-order valence-corrected chi connectivity index (χ3v) is 4.26. The average Bonchev–Trinajstić information content (AvgIpc) is 3.40. The highest BCUT2D eigenvalue weighted by atomic mass is 16.5. The summed E-state index contributed by atoms with van der Waals surface area (Å²) in [5.74, 6) is 1.66. The molecule has 0 heterocycles. The molecule has 0 spiro atoms. The maximum absolute atomic E-state index is 12.5. The maximum atomic E-state index is 12.5. The van der Waals surface area contributed by atoms with E-state index in [9.17, 15) is 4.79 Å². The number of carbonyl (C=O) groups excluding carboxylic acids is 1. The molecule has 2 aromatic rings. The van der Waals surface area contributed by atoms with Crippen LogP contribution in [0, 0.1) is 0 Å². The fourth-order valence-electron chi connectivity index (χ4n) is 2.89. The largest absolute Gasteiger partial charge is 0.493 e. The van der Waals surface area contributed by atoms with Crippen LogP contribution in [0.2, 0.25) is 0 Å². The molecule has 5 nitrogen and oxygen atoms in total. The van der Waals surface area contributed by atoms with E-state index in [1.807, 2.05) is 18.2 Å². The van der Waals surface area contributed by atoms with Gasteiger partial charge in [-0.05, 0) is 24.1 Å². The van der Waals surface area contributed by atoms with Gasteiger partial charge in [0.05, 0.1) is 21.3 Å². The summed E-state index contributed by atoms with van der Waals surface area (Å²) in [6.07, 6.45) is 0.959. The second-order valence-electron chi connectivity index (χ2n) is 5.75. The number of hydrogen-bond acceptors (Lipinski definition) is 4. The van der Waals surface area contributed by atoms with Gasteiger partial charge in [-0.15, -0.1) is 0 Å². The van der Waals surface area contributed by atoms with Crippen molar-refractivity contribution in [1.29, 1.82) is 0 Å². The highest BCUT2D eigenvalue weighted by Crippen LogP contribution is 2.41. The highest BCUT2D eigenvalue weighted by Gasteiger charge is 2.39. The van der Waals surface area contributed by atoms with Gasteiger partial charge in [0.1, 0.15) is 0 Å². The number of carbonyl (C=O) groups is 1. The first-order chi connectivity index (χ1) is 11.7. The van der Waals surface area contributed by atoms with Crippen molar-refractivity contribution < 1.29 is 19.0 Å². The van der Waals surface area contributed by atoms with Gasteiger partial charge in [0.15, 0.2) is 11.5 Å². The van der Waals surface area contributed by atoms with Crippen molar-refractivity contribution in [3.8, 4) is 17.2 Å². The number of benzene rings is 2. The summed E-state index contributed by atoms with van der Waals surface area (Å²) >= 11 is 0. The van der Waals surface area contributed by atoms with Crippen LogP contribution in [0.5, 0.6) is 17.2 Å². The summed E-state index contributed by atoms with van der Waals surface area (Å²) in [6.45, 7) is 0. The Hall–Kier alpha value is -2.69. The molecule has 2 atom stereocenters. The monoisotopic (exact) mass is 327 g/mol. The first-order valence-corrected chi connectivity index (χ1v) is 7.83. The fraction of sp³-hybridized carbons (Fsp3) is 0.316. The predicted molar refractivity (Wildman–Crippen MR) is 91.2 cm³/mol. The van der Waals surface area contributed by atoms with Gasteiger partial charge in [-0.2, -0.15) is 0 Å². The van der Waals surface area contributed by atoms with Gasteiger partial charge < -0.3 is 19.5 Å². The van der Waals surface area contributed by atoms with Crippen molar-refractivity contribution in [1.82, 2.24) is 5.32 Å². The highest BCUT2D eigenvalue weighted by molar-refractivity contribution is 5.96. The van der Waals surface area contributed by atoms with Gasteiger partial charge in [0.2, 0.25) is 5.75 Å². The Morgan fingerprint density at radius 1 is 1.00 bits per heavy atom. The molecule has 1 saturated carbocycles. The van der Waals surface area contributed by atoms with Gasteiger partial charge in [0, 0.05) is 17.5 Å². The van der Waals surface area contributed by atoms with Crippen LogP contribution in [0.25, 0.3) is 0 Å². The maximum Gasteiger partial charge on any atom is 0.251 e. The number of rotatable bonds is 6. The van der Waals surface area contributed by atoms with Gasteiger partial charge in [-0.1, -0.05) is 30.3 Å². The molecule has 1 N–H and O–H groups in total. The summed E-state index contributed by atoms with van der Waals surface area (Å²) in [5, 5.41) is 3.07.